The molecule has 1 fully saturated rings. The number of H-pyrrole nitrogens is 1. The van der Waals surface area contributed by atoms with Crippen LogP contribution in [0.2, 0.25) is 0 Å². The Bertz CT molecular complexity index is 979. The summed E-state index contributed by atoms with van der Waals surface area (Å²) in [7, 11) is 0. The van der Waals surface area contributed by atoms with Crippen LogP contribution in [0.4, 0.5) is 0 Å². The first-order valence-corrected chi connectivity index (χ1v) is 12.4. The topological polar surface area (TPSA) is 106 Å². The van der Waals surface area contributed by atoms with Crippen molar-refractivity contribution < 1.29 is 19.8 Å². The lowest BCUT2D eigenvalue weighted by atomic mass is 9.82. The summed E-state index contributed by atoms with van der Waals surface area (Å²) in [6.45, 7) is 4.32. The lowest BCUT2D eigenvalue weighted by Gasteiger charge is -2.33. The molecule has 2 aromatic rings. The number of nitrogens with zero attached hydrogens (tertiary/aromatic N) is 1. The minimum absolute atomic E-state index is 0.0656. The van der Waals surface area contributed by atoms with E-state index in [0.717, 1.165) is 29.3 Å². The van der Waals surface area contributed by atoms with E-state index in [-0.39, 0.29) is 24.3 Å². The van der Waals surface area contributed by atoms with Gasteiger partial charge in [0.2, 0.25) is 5.91 Å². The van der Waals surface area contributed by atoms with Gasteiger partial charge in [-0.05, 0) is 30.7 Å². The van der Waals surface area contributed by atoms with E-state index < -0.39 is 18.2 Å². The Morgan fingerprint density at radius 3 is 2.64 bits per heavy atom. The molecule has 1 aliphatic carbocycles. The number of nitrogens with one attached hydrogen (secondary N) is 2. The molecule has 1 saturated carbocycles. The zero-order valence-electron chi connectivity index (χ0n) is 19.7. The zero-order valence-corrected chi connectivity index (χ0v) is 19.7. The molecule has 2 heterocycles. The molecule has 33 heavy (non-hydrogen) atoms. The fraction of sp³-hybridized carbons (Fsp3) is 0.615. The molecule has 180 valence electrons. The Hall–Kier alpha value is -2.38. The summed E-state index contributed by atoms with van der Waals surface area (Å²) in [4.78, 5) is 30.6. The van der Waals surface area contributed by atoms with Crippen LogP contribution < -0.4 is 5.32 Å². The summed E-state index contributed by atoms with van der Waals surface area (Å²) in [5.41, 5.74) is 2.40. The molecular weight excluding hydrogens is 418 g/mol. The van der Waals surface area contributed by atoms with Crippen molar-refractivity contribution in [3.8, 4) is 0 Å². The second-order valence-corrected chi connectivity index (χ2v) is 10.3. The number of fused-ring (bicyclic) bond motifs is 3. The molecule has 1 aromatic carbocycles. The van der Waals surface area contributed by atoms with Crippen molar-refractivity contribution in [2.75, 3.05) is 6.54 Å². The number of benzene rings is 1. The Kier molecular flexibility index (Phi) is 7.39. The number of amides is 2. The first-order valence-electron chi connectivity index (χ1n) is 12.4. The van der Waals surface area contributed by atoms with E-state index in [1.54, 1.807) is 0 Å². The van der Waals surface area contributed by atoms with Gasteiger partial charge in [-0.3, -0.25) is 9.59 Å². The van der Waals surface area contributed by atoms with Gasteiger partial charge in [-0.25, -0.2) is 0 Å². The van der Waals surface area contributed by atoms with Crippen LogP contribution >= 0.6 is 0 Å². The quantitative estimate of drug-likeness (QED) is 0.465. The van der Waals surface area contributed by atoms with E-state index in [4.69, 9.17) is 0 Å². The highest BCUT2D eigenvalue weighted by molar-refractivity contribution is 6.05. The van der Waals surface area contributed by atoms with E-state index in [2.05, 4.69) is 10.3 Å². The van der Waals surface area contributed by atoms with Crippen LogP contribution in [0.1, 0.15) is 74.8 Å². The van der Waals surface area contributed by atoms with Gasteiger partial charge in [-0.2, -0.15) is 0 Å². The molecule has 7 nitrogen and oxygen atoms in total. The lowest BCUT2D eigenvalue weighted by Crippen LogP contribution is -2.52. The molecule has 2 aliphatic rings. The molecule has 4 rings (SSSR count). The van der Waals surface area contributed by atoms with Crippen LogP contribution in [-0.4, -0.2) is 56.7 Å². The molecule has 3 atom stereocenters. The number of hydrogen-bond donors (Lipinski definition) is 4. The number of hydrogen-bond acceptors (Lipinski definition) is 4. The lowest BCUT2D eigenvalue weighted by molar-refractivity contribution is -0.124. The molecule has 0 radical (unpaired) electrons. The van der Waals surface area contributed by atoms with Gasteiger partial charge in [0.1, 0.15) is 18.3 Å². The average molecular weight is 456 g/mol. The van der Waals surface area contributed by atoms with Gasteiger partial charge >= 0.3 is 0 Å². The van der Waals surface area contributed by atoms with Gasteiger partial charge in [0.15, 0.2) is 0 Å². The van der Waals surface area contributed by atoms with E-state index >= 15 is 0 Å². The second-order valence-electron chi connectivity index (χ2n) is 10.3. The summed E-state index contributed by atoms with van der Waals surface area (Å²) < 4.78 is 0. The van der Waals surface area contributed by atoms with Crippen LogP contribution in [-0.2, 0) is 11.3 Å². The number of aliphatic hydroxyl groups is 2. The fourth-order valence-corrected chi connectivity index (χ4v) is 5.48. The van der Waals surface area contributed by atoms with Crippen LogP contribution in [0.5, 0.6) is 0 Å². The highest BCUT2D eigenvalue weighted by Gasteiger charge is 2.34. The zero-order chi connectivity index (χ0) is 23.5. The van der Waals surface area contributed by atoms with Gasteiger partial charge in [0.05, 0.1) is 12.1 Å². The van der Waals surface area contributed by atoms with E-state index in [9.17, 15) is 19.8 Å². The normalized spacial score (nSPS) is 19.7. The molecule has 0 bridgehead atoms. The van der Waals surface area contributed by atoms with Gasteiger partial charge in [0, 0.05) is 23.0 Å². The number of para-hydroxylation sites is 1. The standard InChI is InChI=1S/C26H37N3O4/c1-16(2)12-22(30)25(32)21(13-17-8-4-3-5-9-17)27-23(31)15-29-14-19-18-10-6-7-11-20(18)28-24(19)26(29)33/h6-7,10-11,16-17,21-22,25,28,30,32H,3-5,8-9,12-15H2,1-2H3,(H,27,31)/t21-,22-,25+/m0/s1. The smallest absolute Gasteiger partial charge is 0.271 e. The first kappa shape index (κ1) is 23.8. The van der Waals surface area contributed by atoms with Gasteiger partial charge < -0.3 is 25.4 Å². The number of rotatable bonds is 9. The maximum absolute atomic E-state index is 13.0. The molecular formula is C26H37N3O4. The highest BCUT2D eigenvalue weighted by Crippen LogP contribution is 2.31. The molecule has 0 spiro atoms. The van der Waals surface area contributed by atoms with Crippen molar-refractivity contribution in [2.45, 2.75) is 83.6 Å². The number of carbonyl (C=O) groups excluding carboxylic acids is 2. The molecule has 0 unspecified atom stereocenters. The number of aliphatic hydroxyl groups excluding tert-OH is 2. The van der Waals surface area contributed by atoms with Crippen molar-refractivity contribution in [1.29, 1.82) is 0 Å². The van der Waals surface area contributed by atoms with Gasteiger partial charge in [-0.1, -0.05) is 64.2 Å². The van der Waals surface area contributed by atoms with Crippen molar-refractivity contribution >= 4 is 22.7 Å². The largest absolute Gasteiger partial charge is 0.390 e. The third kappa shape index (κ3) is 5.41. The number of carbonyl (C=O) groups is 2. The van der Waals surface area contributed by atoms with Crippen molar-refractivity contribution in [1.82, 2.24) is 15.2 Å². The Labute approximate surface area is 195 Å². The first-order chi connectivity index (χ1) is 15.8. The van der Waals surface area contributed by atoms with Crippen molar-refractivity contribution in [3.05, 3.63) is 35.5 Å². The number of aromatic nitrogens is 1. The van der Waals surface area contributed by atoms with E-state index in [1.165, 1.54) is 24.2 Å². The average Bonchev–Trinajstić information content (AvgIpc) is 3.29. The minimum atomic E-state index is -1.02. The fourth-order valence-electron chi connectivity index (χ4n) is 5.48. The molecule has 2 amide bonds. The summed E-state index contributed by atoms with van der Waals surface area (Å²) in [5.74, 6) is 0.200. The summed E-state index contributed by atoms with van der Waals surface area (Å²) >= 11 is 0. The SMILES string of the molecule is CC(C)C[C@H](O)[C@H](O)[C@H](CC1CCCCC1)NC(=O)CN1Cc2c([nH]c3ccccc23)C1=O. The van der Waals surface area contributed by atoms with Crippen LogP contribution in [0.15, 0.2) is 24.3 Å². The summed E-state index contributed by atoms with van der Waals surface area (Å²) in [5, 5.41) is 25.4. The summed E-state index contributed by atoms with van der Waals surface area (Å²) in [6.07, 6.45) is 4.97. The van der Waals surface area contributed by atoms with E-state index in [1.807, 2.05) is 38.1 Å². The van der Waals surface area contributed by atoms with Gasteiger partial charge in [0.25, 0.3) is 5.91 Å². The van der Waals surface area contributed by atoms with E-state index in [0.29, 0.717) is 31.0 Å². The molecule has 0 saturated heterocycles. The third-order valence-corrected chi connectivity index (χ3v) is 7.18. The summed E-state index contributed by atoms with van der Waals surface area (Å²) in [6, 6.07) is 7.27. The Morgan fingerprint density at radius 2 is 1.91 bits per heavy atom. The van der Waals surface area contributed by atoms with Crippen LogP contribution in [0.25, 0.3) is 10.9 Å². The Morgan fingerprint density at radius 1 is 1.18 bits per heavy atom. The second kappa shape index (κ2) is 10.3. The Balaban J connectivity index is 1.41. The molecule has 1 aromatic heterocycles. The monoisotopic (exact) mass is 455 g/mol. The maximum atomic E-state index is 13.0. The molecule has 4 N–H and O–H groups in total. The highest BCUT2D eigenvalue weighted by atomic mass is 16.3. The predicted octanol–water partition coefficient (Wildman–Crippen LogP) is 3.35. The molecule has 1 aliphatic heterocycles. The van der Waals surface area contributed by atoms with Crippen LogP contribution in [0.3, 0.4) is 0 Å². The van der Waals surface area contributed by atoms with Crippen molar-refractivity contribution in [3.63, 3.8) is 0 Å². The van der Waals surface area contributed by atoms with Crippen molar-refractivity contribution in [2.24, 2.45) is 11.8 Å². The molecule has 7 heteroatoms. The van der Waals surface area contributed by atoms with Crippen LogP contribution in [0, 0.1) is 11.8 Å². The predicted molar refractivity (Wildman–Crippen MR) is 128 cm³/mol. The third-order valence-electron chi connectivity index (χ3n) is 7.18. The maximum Gasteiger partial charge on any atom is 0.271 e. The number of aromatic amines is 1. The van der Waals surface area contributed by atoms with Gasteiger partial charge in [-0.15, -0.1) is 0 Å². The minimum Gasteiger partial charge on any atom is -0.390 e.